The Kier molecular flexibility index (Phi) is 1.79. The fraction of sp³-hybridized carbons (Fsp3) is 0.800. The molecule has 0 aromatic heterocycles. The van der Waals surface area contributed by atoms with Crippen molar-refractivity contribution in [3.63, 3.8) is 0 Å². The van der Waals surface area contributed by atoms with E-state index in [9.17, 15) is 0 Å². The maximum absolute atomic E-state index is 2.37. The fourth-order valence-corrected chi connectivity index (χ4v) is 2.25. The Labute approximate surface area is 63.3 Å². The number of rotatable bonds is 0. The zero-order chi connectivity index (χ0) is 6.81. The maximum atomic E-state index is 2.37. The average Bonchev–Trinajstić information content (AvgIpc) is 1.89. The molecule has 0 aromatic carbocycles. The molecule has 2 rings (SSSR count). The summed E-state index contributed by atoms with van der Waals surface area (Å²) < 4.78 is 0. The lowest BCUT2D eigenvalue weighted by atomic mass is 9.69. The van der Waals surface area contributed by atoms with E-state index in [0.29, 0.717) is 0 Å². The Hall–Kier alpha value is -0.260. The van der Waals surface area contributed by atoms with Crippen molar-refractivity contribution in [1.82, 2.24) is 0 Å². The van der Waals surface area contributed by atoms with E-state index in [1.54, 1.807) is 0 Å². The first kappa shape index (κ1) is 6.45. The number of hydrogen-bond donors (Lipinski definition) is 0. The van der Waals surface area contributed by atoms with E-state index in [4.69, 9.17) is 0 Å². The van der Waals surface area contributed by atoms with Gasteiger partial charge in [-0.25, -0.2) is 0 Å². The van der Waals surface area contributed by atoms with Gasteiger partial charge in [0, 0.05) is 0 Å². The first-order valence-electron chi connectivity index (χ1n) is 4.62. The van der Waals surface area contributed by atoms with Gasteiger partial charge in [-0.1, -0.05) is 12.2 Å². The van der Waals surface area contributed by atoms with Crippen molar-refractivity contribution in [2.24, 2.45) is 11.8 Å². The predicted octanol–water partition coefficient (Wildman–Crippen LogP) is 3.14. The van der Waals surface area contributed by atoms with E-state index >= 15 is 0 Å². The lowest BCUT2D eigenvalue weighted by molar-refractivity contribution is 0.153. The van der Waals surface area contributed by atoms with Crippen molar-refractivity contribution in [2.75, 3.05) is 0 Å². The molecular formula is C10H16. The molecule has 2 atom stereocenters. The van der Waals surface area contributed by atoms with E-state index in [1.807, 2.05) is 0 Å². The fourth-order valence-electron chi connectivity index (χ4n) is 2.25. The van der Waals surface area contributed by atoms with E-state index in [0.717, 1.165) is 11.8 Å². The highest BCUT2D eigenvalue weighted by atomic mass is 14.3. The highest BCUT2D eigenvalue weighted by Gasteiger charge is 2.29. The Morgan fingerprint density at radius 1 is 0.700 bits per heavy atom. The highest BCUT2D eigenvalue weighted by Crippen LogP contribution is 2.41. The van der Waals surface area contributed by atoms with E-state index in [1.165, 1.54) is 38.5 Å². The molecule has 0 heterocycles. The lowest BCUT2D eigenvalue weighted by Crippen LogP contribution is -2.25. The first-order valence-corrected chi connectivity index (χ1v) is 4.62. The van der Waals surface area contributed by atoms with Gasteiger partial charge in [-0.05, 0) is 50.4 Å². The van der Waals surface area contributed by atoms with Crippen molar-refractivity contribution in [2.45, 2.75) is 38.5 Å². The summed E-state index contributed by atoms with van der Waals surface area (Å²) in [6.45, 7) is 0. The monoisotopic (exact) mass is 136 g/mol. The van der Waals surface area contributed by atoms with Crippen LogP contribution < -0.4 is 0 Å². The van der Waals surface area contributed by atoms with E-state index in [2.05, 4.69) is 12.2 Å². The van der Waals surface area contributed by atoms with Gasteiger partial charge in [0.15, 0.2) is 0 Å². The van der Waals surface area contributed by atoms with Gasteiger partial charge in [-0.2, -0.15) is 0 Å². The Morgan fingerprint density at radius 3 is 1.60 bits per heavy atom. The summed E-state index contributed by atoms with van der Waals surface area (Å²) in [6.07, 6.45) is 13.4. The minimum atomic E-state index is 1.12. The third-order valence-corrected chi connectivity index (χ3v) is 3.15. The minimum absolute atomic E-state index is 1.12. The molecule has 0 aromatic rings. The molecule has 0 nitrogen and oxygen atoms in total. The molecular weight excluding hydrogens is 120 g/mol. The normalized spacial score (nSPS) is 42.4. The Balaban J connectivity index is 1.92. The van der Waals surface area contributed by atoms with Crippen LogP contribution in [0.3, 0.4) is 0 Å². The summed E-state index contributed by atoms with van der Waals surface area (Å²) in [6, 6.07) is 0. The van der Waals surface area contributed by atoms with Gasteiger partial charge >= 0.3 is 0 Å². The molecule has 0 aliphatic heterocycles. The van der Waals surface area contributed by atoms with Crippen LogP contribution in [0.1, 0.15) is 38.5 Å². The molecule has 0 saturated heterocycles. The van der Waals surface area contributed by atoms with Gasteiger partial charge in [0.1, 0.15) is 0 Å². The molecule has 1 fully saturated rings. The van der Waals surface area contributed by atoms with Crippen molar-refractivity contribution in [1.29, 1.82) is 0 Å². The smallest absolute Gasteiger partial charge is 0.0348 e. The quantitative estimate of drug-likeness (QED) is 0.449. The molecule has 1 saturated carbocycles. The van der Waals surface area contributed by atoms with Crippen molar-refractivity contribution in [3.8, 4) is 0 Å². The third-order valence-electron chi connectivity index (χ3n) is 3.15. The topological polar surface area (TPSA) is 0 Å². The second kappa shape index (κ2) is 2.77. The SMILES string of the molecule is C1=C/CCC2CCC2CC/1. The molecule has 0 amide bonds. The van der Waals surface area contributed by atoms with Crippen LogP contribution >= 0.6 is 0 Å². The van der Waals surface area contributed by atoms with Crippen LogP contribution in [0, 0.1) is 11.8 Å². The minimum Gasteiger partial charge on any atom is -0.0885 e. The molecule has 0 radical (unpaired) electrons. The molecule has 2 aliphatic carbocycles. The first-order chi connectivity index (χ1) is 4.97. The molecule has 2 unspecified atom stereocenters. The third kappa shape index (κ3) is 1.12. The van der Waals surface area contributed by atoms with Gasteiger partial charge in [0.25, 0.3) is 0 Å². The van der Waals surface area contributed by atoms with Crippen LogP contribution in [0.25, 0.3) is 0 Å². The zero-order valence-electron chi connectivity index (χ0n) is 6.55. The van der Waals surface area contributed by atoms with Crippen LogP contribution in [-0.2, 0) is 0 Å². The summed E-state index contributed by atoms with van der Waals surface area (Å²) in [7, 11) is 0. The van der Waals surface area contributed by atoms with Crippen LogP contribution in [0.4, 0.5) is 0 Å². The van der Waals surface area contributed by atoms with Crippen LogP contribution in [0.5, 0.6) is 0 Å². The second-order valence-electron chi connectivity index (χ2n) is 3.72. The highest BCUT2D eigenvalue weighted by molar-refractivity contribution is 4.91. The van der Waals surface area contributed by atoms with Crippen molar-refractivity contribution >= 4 is 0 Å². The molecule has 2 aliphatic rings. The van der Waals surface area contributed by atoms with E-state index in [-0.39, 0.29) is 0 Å². The largest absolute Gasteiger partial charge is 0.0885 e. The molecule has 0 heteroatoms. The van der Waals surface area contributed by atoms with Gasteiger partial charge in [-0.3, -0.25) is 0 Å². The summed E-state index contributed by atoms with van der Waals surface area (Å²) in [5, 5.41) is 0. The van der Waals surface area contributed by atoms with Gasteiger partial charge in [0.2, 0.25) is 0 Å². The second-order valence-corrected chi connectivity index (χ2v) is 3.72. The average molecular weight is 136 g/mol. The predicted molar refractivity (Wildman–Crippen MR) is 43.8 cm³/mol. The summed E-state index contributed by atoms with van der Waals surface area (Å²) in [5.41, 5.74) is 0. The van der Waals surface area contributed by atoms with Gasteiger partial charge < -0.3 is 0 Å². The summed E-state index contributed by atoms with van der Waals surface area (Å²) in [4.78, 5) is 0. The van der Waals surface area contributed by atoms with Crippen LogP contribution in [-0.4, -0.2) is 0 Å². The number of fused-ring (bicyclic) bond motifs is 1. The maximum Gasteiger partial charge on any atom is -0.0348 e. The van der Waals surface area contributed by atoms with E-state index < -0.39 is 0 Å². The molecule has 0 bridgehead atoms. The number of allylic oxidation sites excluding steroid dienone is 2. The van der Waals surface area contributed by atoms with Crippen molar-refractivity contribution < 1.29 is 0 Å². The summed E-state index contributed by atoms with van der Waals surface area (Å²) in [5.74, 6) is 2.23. The zero-order valence-corrected chi connectivity index (χ0v) is 6.55. The van der Waals surface area contributed by atoms with Gasteiger partial charge in [-0.15, -0.1) is 0 Å². The lowest BCUT2D eigenvalue weighted by Gasteiger charge is -2.37. The van der Waals surface area contributed by atoms with Crippen LogP contribution in [0.2, 0.25) is 0 Å². The summed E-state index contributed by atoms with van der Waals surface area (Å²) >= 11 is 0. The van der Waals surface area contributed by atoms with Gasteiger partial charge in [0.05, 0.1) is 0 Å². The Morgan fingerprint density at radius 2 is 1.20 bits per heavy atom. The van der Waals surface area contributed by atoms with Crippen molar-refractivity contribution in [3.05, 3.63) is 12.2 Å². The van der Waals surface area contributed by atoms with Crippen LogP contribution in [0.15, 0.2) is 12.2 Å². The standard InChI is InChI=1S/C10H16/c1-2-4-6-10-8-7-9(10)5-3-1/h1-2,9-10H,3-8H2/b2-1+. The molecule has 56 valence electrons. The Bertz CT molecular complexity index is 119. The molecule has 0 N–H and O–H groups in total. The molecule has 10 heavy (non-hydrogen) atoms. The molecule has 0 spiro atoms. The number of hydrogen-bond acceptors (Lipinski definition) is 0.